The summed E-state index contributed by atoms with van der Waals surface area (Å²) in [6, 6.07) is 0.399. The highest BCUT2D eigenvalue weighted by atomic mass is 16.5. The Hall–Kier alpha value is -0.440. The van der Waals surface area contributed by atoms with Crippen LogP contribution in [-0.4, -0.2) is 137 Å². The van der Waals surface area contributed by atoms with Gasteiger partial charge in [0.15, 0.2) is 0 Å². The first kappa shape index (κ1) is 63.5. The van der Waals surface area contributed by atoms with Crippen LogP contribution in [0.1, 0.15) is 139 Å². The summed E-state index contributed by atoms with van der Waals surface area (Å²) in [5.74, 6) is 0. The van der Waals surface area contributed by atoms with E-state index in [1.54, 1.807) is 7.11 Å². The van der Waals surface area contributed by atoms with E-state index in [1.165, 1.54) is 77.2 Å². The molecular formula is C41H101N7O4. The van der Waals surface area contributed by atoms with E-state index in [-0.39, 0.29) is 12.2 Å². The van der Waals surface area contributed by atoms with Gasteiger partial charge in [0.25, 0.3) is 0 Å². The number of ether oxygens (including phenoxy) is 4. The van der Waals surface area contributed by atoms with Crippen molar-refractivity contribution in [2.24, 2.45) is 17.2 Å². The average molecular weight is 756 g/mol. The molecule has 0 radical (unpaired) electrons. The van der Waals surface area contributed by atoms with Gasteiger partial charge in [-0.05, 0) is 113 Å². The van der Waals surface area contributed by atoms with E-state index in [0.717, 1.165) is 65.5 Å². The summed E-state index contributed by atoms with van der Waals surface area (Å²) >= 11 is 0. The van der Waals surface area contributed by atoms with E-state index >= 15 is 0 Å². The summed E-state index contributed by atoms with van der Waals surface area (Å²) < 4.78 is 21.2. The van der Waals surface area contributed by atoms with Crippen LogP contribution in [0.5, 0.6) is 0 Å². The maximum absolute atomic E-state index is 5.70. The van der Waals surface area contributed by atoms with Gasteiger partial charge >= 0.3 is 0 Å². The Morgan fingerprint density at radius 2 is 1.12 bits per heavy atom. The average Bonchev–Trinajstić information content (AvgIpc) is 3.14. The SMILES string of the molecule is CCCCN.CCCCN(C)C.CCCCNC.CCCCNC(C)COC(C)COC(C)CN.CCCCNCCN.CCCCOCCOC. The Bertz CT molecular complexity index is 510. The van der Waals surface area contributed by atoms with Crippen molar-refractivity contribution in [3.63, 3.8) is 0 Å². The fourth-order valence-corrected chi connectivity index (χ4v) is 3.36. The summed E-state index contributed by atoms with van der Waals surface area (Å²) in [5.41, 5.74) is 15.9. The van der Waals surface area contributed by atoms with Crippen molar-refractivity contribution in [2.45, 2.75) is 158 Å². The van der Waals surface area contributed by atoms with Crippen LogP contribution in [0.2, 0.25) is 0 Å². The summed E-state index contributed by atoms with van der Waals surface area (Å²) in [5, 5.41) is 9.71. The van der Waals surface area contributed by atoms with E-state index in [9.17, 15) is 0 Å². The van der Waals surface area contributed by atoms with Crippen LogP contribution in [0, 0.1) is 0 Å². The minimum absolute atomic E-state index is 0.112. The molecule has 0 bridgehead atoms. The number of unbranched alkanes of at least 4 members (excludes halogenated alkanes) is 6. The molecule has 0 saturated carbocycles. The van der Waals surface area contributed by atoms with Gasteiger partial charge in [-0.25, -0.2) is 0 Å². The second-order valence-electron chi connectivity index (χ2n) is 13.3. The zero-order valence-electron chi connectivity index (χ0n) is 37.7. The largest absolute Gasteiger partial charge is 0.382 e. The maximum atomic E-state index is 5.70. The molecule has 0 aliphatic carbocycles. The molecule has 11 heteroatoms. The molecule has 0 aliphatic rings. The van der Waals surface area contributed by atoms with E-state index in [2.05, 4.69) is 83.4 Å². The second kappa shape index (κ2) is 65.4. The van der Waals surface area contributed by atoms with Crippen molar-refractivity contribution in [3.8, 4) is 0 Å². The third-order valence-electron chi connectivity index (χ3n) is 7.00. The standard InChI is InChI=1S/C13H30N2O2.C7H16O2.C6H16N2.C6H15N.C5H13N.C4H11N/c1-5-6-7-15-11(2)9-16-13(4)10-17-12(3)8-14;1-3-4-5-9-7-6-8-2;1-2-3-5-8-6-4-7;1-4-5-6-7(2)3;1-3-4-5-6-2;1-2-3-4-5/h11-13,15H,5-10,14H2,1-4H3;3-7H2,1-2H3;8H,2-7H2,1H3;4-6H2,1-3H3;6H,3-5H2,1-2H3;2-5H2,1H3. The first-order valence-corrected chi connectivity index (χ1v) is 21.2. The number of methoxy groups -OCH3 is 1. The number of hydrogen-bond donors (Lipinski definition) is 6. The maximum Gasteiger partial charge on any atom is 0.0781 e. The topological polar surface area (TPSA) is 154 Å². The fraction of sp³-hybridized carbons (Fsp3) is 1.00. The number of rotatable bonds is 30. The lowest BCUT2D eigenvalue weighted by atomic mass is 10.3. The first-order chi connectivity index (χ1) is 25.0. The van der Waals surface area contributed by atoms with Crippen LogP contribution < -0.4 is 33.2 Å². The number of nitrogens with one attached hydrogen (secondary N) is 3. The molecule has 324 valence electrons. The third-order valence-corrected chi connectivity index (χ3v) is 7.00. The van der Waals surface area contributed by atoms with Crippen LogP contribution in [0.15, 0.2) is 0 Å². The highest BCUT2D eigenvalue weighted by molar-refractivity contribution is 4.61. The van der Waals surface area contributed by atoms with Crippen LogP contribution in [0.3, 0.4) is 0 Å². The predicted molar refractivity (Wildman–Crippen MR) is 233 cm³/mol. The molecule has 0 aromatic heterocycles. The first-order valence-electron chi connectivity index (χ1n) is 21.2. The lowest BCUT2D eigenvalue weighted by Gasteiger charge is -2.19. The lowest BCUT2D eigenvalue weighted by molar-refractivity contribution is -0.0332. The molecule has 0 amide bonds. The molecule has 0 rings (SSSR count). The van der Waals surface area contributed by atoms with Crippen LogP contribution in [0.25, 0.3) is 0 Å². The fourth-order valence-electron chi connectivity index (χ4n) is 3.36. The molecule has 52 heavy (non-hydrogen) atoms. The van der Waals surface area contributed by atoms with Gasteiger partial charge < -0.3 is 57.0 Å². The Morgan fingerprint density at radius 3 is 1.52 bits per heavy atom. The van der Waals surface area contributed by atoms with Gasteiger partial charge in [-0.15, -0.1) is 0 Å². The van der Waals surface area contributed by atoms with Crippen molar-refractivity contribution in [3.05, 3.63) is 0 Å². The van der Waals surface area contributed by atoms with Crippen molar-refractivity contribution < 1.29 is 18.9 Å². The van der Waals surface area contributed by atoms with Crippen molar-refractivity contribution >= 4 is 0 Å². The van der Waals surface area contributed by atoms with E-state index in [4.69, 9.17) is 36.1 Å². The minimum atomic E-state index is 0.112. The number of hydrogen-bond acceptors (Lipinski definition) is 11. The smallest absolute Gasteiger partial charge is 0.0781 e. The second-order valence-corrected chi connectivity index (χ2v) is 13.3. The molecule has 0 saturated heterocycles. The summed E-state index contributed by atoms with van der Waals surface area (Å²) in [4.78, 5) is 2.21. The molecule has 0 aliphatic heterocycles. The molecule has 11 nitrogen and oxygen atoms in total. The van der Waals surface area contributed by atoms with Crippen LogP contribution in [-0.2, 0) is 18.9 Å². The van der Waals surface area contributed by atoms with Crippen molar-refractivity contribution in [1.29, 1.82) is 0 Å². The molecule has 3 atom stereocenters. The van der Waals surface area contributed by atoms with Gasteiger partial charge in [0.2, 0.25) is 0 Å². The van der Waals surface area contributed by atoms with Gasteiger partial charge in [0.1, 0.15) is 0 Å². The highest BCUT2D eigenvalue weighted by Crippen LogP contribution is 1.98. The highest BCUT2D eigenvalue weighted by Gasteiger charge is 2.08. The third kappa shape index (κ3) is 87.4. The molecule has 3 unspecified atom stereocenters. The predicted octanol–water partition coefficient (Wildman–Crippen LogP) is 6.42. The lowest BCUT2D eigenvalue weighted by Crippen LogP contribution is -2.34. The minimum Gasteiger partial charge on any atom is -0.382 e. The Kier molecular flexibility index (Phi) is 79.9. The molecule has 0 fully saturated rings. The van der Waals surface area contributed by atoms with Gasteiger partial charge in [-0.1, -0.05) is 80.1 Å². The summed E-state index contributed by atoms with van der Waals surface area (Å²) in [6.07, 6.45) is 15.2. The molecule has 0 aromatic carbocycles. The van der Waals surface area contributed by atoms with E-state index in [0.29, 0.717) is 25.8 Å². The van der Waals surface area contributed by atoms with E-state index < -0.39 is 0 Å². The molecule has 0 aromatic rings. The Labute approximate surface area is 327 Å². The monoisotopic (exact) mass is 756 g/mol. The van der Waals surface area contributed by atoms with Gasteiger partial charge in [-0.3, -0.25) is 0 Å². The van der Waals surface area contributed by atoms with Crippen LogP contribution in [0.4, 0.5) is 0 Å². The van der Waals surface area contributed by atoms with Crippen molar-refractivity contribution in [2.75, 3.05) is 114 Å². The number of nitrogens with zero attached hydrogens (tertiary/aromatic N) is 1. The van der Waals surface area contributed by atoms with Gasteiger partial charge in [0.05, 0.1) is 38.6 Å². The normalized spacial score (nSPS) is 11.9. The molecular weight excluding hydrogens is 654 g/mol. The van der Waals surface area contributed by atoms with Gasteiger partial charge in [-0.2, -0.15) is 0 Å². The molecule has 9 N–H and O–H groups in total. The number of nitrogens with two attached hydrogens (primary N) is 3. The Balaban J connectivity index is -0.000000130. The Morgan fingerprint density at radius 1 is 0.577 bits per heavy atom. The van der Waals surface area contributed by atoms with E-state index in [1.807, 2.05) is 20.9 Å². The zero-order chi connectivity index (χ0) is 40.9. The van der Waals surface area contributed by atoms with Crippen LogP contribution >= 0.6 is 0 Å². The molecule has 0 heterocycles. The summed E-state index contributed by atoms with van der Waals surface area (Å²) in [7, 11) is 7.88. The van der Waals surface area contributed by atoms with Gasteiger partial charge in [0, 0.05) is 39.4 Å². The summed E-state index contributed by atoms with van der Waals surface area (Å²) in [6.45, 7) is 30.6. The molecule has 0 spiro atoms. The van der Waals surface area contributed by atoms with Crippen molar-refractivity contribution in [1.82, 2.24) is 20.9 Å². The quantitative estimate of drug-likeness (QED) is 0.0451. The zero-order valence-corrected chi connectivity index (χ0v) is 37.7.